The largest absolute Gasteiger partial charge is 0.474 e. The van der Waals surface area contributed by atoms with E-state index in [-0.39, 0.29) is 23.8 Å². The normalized spacial score (nSPS) is 18.6. The van der Waals surface area contributed by atoms with E-state index in [0.717, 1.165) is 5.56 Å². The first-order valence-corrected chi connectivity index (χ1v) is 11.2. The van der Waals surface area contributed by atoms with Gasteiger partial charge in [-0.25, -0.2) is 4.98 Å². The second-order valence-electron chi connectivity index (χ2n) is 8.09. The Morgan fingerprint density at radius 1 is 1.18 bits per heavy atom. The molecule has 1 amide bonds. The van der Waals surface area contributed by atoms with Crippen LogP contribution < -0.4 is 4.74 Å². The van der Waals surface area contributed by atoms with E-state index in [1.165, 1.54) is 6.20 Å². The molecule has 1 saturated heterocycles. The Bertz CT molecular complexity index is 1210. The summed E-state index contributed by atoms with van der Waals surface area (Å²) in [6.07, 6.45) is 8.27. The lowest BCUT2D eigenvalue weighted by molar-refractivity contribution is 0.0769. The molecule has 0 N–H and O–H groups in total. The Balaban J connectivity index is 1.61. The molecule has 0 aliphatic carbocycles. The Hall–Kier alpha value is -3.14. The van der Waals surface area contributed by atoms with Gasteiger partial charge in [0.05, 0.1) is 27.5 Å². The van der Waals surface area contributed by atoms with Crippen molar-refractivity contribution in [3.63, 3.8) is 0 Å². The zero-order chi connectivity index (χ0) is 23.5. The summed E-state index contributed by atoms with van der Waals surface area (Å²) in [6.45, 7) is 4.82. The summed E-state index contributed by atoms with van der Waals surface area (Å²) in [6, 6.07) is 10.9. The SMILES string of the molecule is C#Cc1ccc(O[C@H](C)[C@@H]2CN(C(=O)c3cnnc(C)c3)C[C@@H]2c2ccc(Cl)c(Cl)c2)nc1. The number of ether oxygens (including phenoxy) is 1. The molecule has 8 heteroatoms. The fourth-order valence-electron chi connectivity index (χ4n) is 4.15. The second-order valence-corrected chi connectivity index (χ2v) is 8.91. The Morgan fingerprint density at radius 3 is 2.67 bits per heavy atom. The van der Waals surface area contributed by atoms with E-state index in [9.17, 15) is 4.79 Å². The van der Waals surface area contributed by atoms with E-state index in [1.54, 1.807) is 30.5 Å². The van der Waals surface area contributed by atoms with Gasteiger partial charge in [-0.1, -0.05) is 35.2 Å². The molecule has 0 bridgehead atoms. The molecule has 33 heavy (non-hydrogen) atoms. The number of hydrogen-bond donors (Lipinski definition) is 0. The van der Waals surface area contributed by atoms with Crippen LogP contribution in [0.25, 0.3) is 0 Å². The molecule has 3 aromatic rings. The van der Waals surface area contributed by atoms with E-state index in [1.807, 2.05) is 30.9 Å². The number of aromatic nitrogens is 3. The van der Waals surface area contributed by atoms with Crippen LogP contribution in [0.3, 0.4) is 0 Å². The lowest BCUT2D eigenvalue weighted by atomic mass is 9.86. The fraction of sp³-hybridized carbons (Fsp3) is 0.280. The van der Waals surface area contributed by atoms with E-state index >= 15 is 0 Å². The number of amides is 1. The number of likely N-dealkylation sites (tertiary alicyclic amines) is 1. The first-order chi connectivity index (χ1) is 15.9. The molecule has 3 heterocycles. The number of carbonyl (C=O) groups excluding carboxylic acids is 1. The van der Waals surface area contributed by atoms with Gasteiger partial charge in [0.15, 0.2) is 0 Å². The van der Waals surface area contributed by atoms with Crippen LogP contribution in [-0.4, -0.2) is 45.2 Å². The smallest absolute Gasteiger partial charge is 0.255 e. The van der Waals surface area contributed by atoms with Crippen LogP contribution in [0.4, 0.5) is 0 Å². The Morgan fingerprint density at radius 2 is 2.00 bits per heavy atom. The van der Waals surface area contributed by atoms with Crippen molar-refractivity contribution in [3.8, 4) is 18.2 Å². The minimum atomic E-state index is -0.233. The summed E-state index contributed by atoms with van der Waals surface area (Å²) in [5, 5.41) is 8.83. The summed E-state index contributed by atoms with van der Waals surface area (Å²) in [5.74, 6) is 2.93. The molecule has 168 valence electrons. The van der Waals surface area contributed by atoms with Crippen molar-refractivity contribution in [2.24, 2.45) is 5.92 Å². The fourth-order valence-corrected chi connectivity index (χ4v) is 4.46. The molecule has 1 aromatic carbocycles. The first kappa shape index (κ1) is 23.0. The number of halogens is 2. The van der Waals surface area contributed by atoms with Crippen LogP contribution >= 0.6 is 23.2 Å². The summed E-state index contributed by atoms with van der Waals surface area (Å²) in [5.41, 5.74) is 2.88. The predicted octanol–water partition coefficient (Wildman–Crippen LogP) is 4.79. The molecule has 6 nitrogen and oxygen atoms in total. The highest BCUT2D eigenvalue weighted by Gasteiger charge is 2.40. The van der Waals surface area contributed by atoms with Gasteiger partial charge < -0.3 is 9.64 Å². The monoisotopic (exact) mass is 480 g/mol. The van der Waals surface area contributed by atoms with Crippen molar-refractivity contribution in [1.82, 2.24) is 20.1 Å². The average molecular weight is 481 g/mol. The molecule has 4 rings (SSSR count). The minimum absolute atomic E-state index is 0.000378. The van der Waals surface area contributed by atoms with Crippen LogP contribution in [-0.2, 0) is 0 Å². The van der Waals surface area contributed by atoms with Crippen molar-refractivity contribution < 1.29 is 9.53 Å². The third-order valence-electron chi connectivity index (χ3n) is 5.86. The number of aryl methyl sites for hydroxylation is 1. The summed E-state index contributed by atoms with van der Waals surface area (Å²) < 4.78 is 6.16. The molecule has 3 atom stereocenters. The quantitative estimate of drug-likeness (QED) is 0.491. The van der Waals surface area contributed by atoms with Gasteiger partial charge in [-0.2, -0.15) is 10.2 Å². The van der Waals surface area contributed by atoms with Crippen LogP contribution in [0.2, 0.25) is 10.0 Å². The molecule has 1 aliphatic heterocycles. The van der Waals surface area contributed by atoms with Crippen molar-refractivity contribution >= 4 is 29.1 Å². The van der Waals surface area contributed by atoms with E-state index < -0.39 is 0 Å². The number of terminal acetylenes is 1. The average Bonchev–Trinajstić information content (AvgIpc) is 3.26. The molecular weight excluding hydrogens is 459 g/mol. The molecule has 2 aromatic heterocycles. The predicted molar refractivity (Wildman–Crippen MR) is 128 cm³/mol. The lowest BCUT2D eigenvalue weighted by Crippen LogP contribution is -2.32. The molecule has 0 saturated carbocycles. The van der Waals surface area contributed by atoms with Gasteiger partial charge in [-0.15, -0.1) is 6.42 Å². The van der Waals surface area contributed by atoms with E-state index in [4.69, 9.17) is 34.4 Å². The van der Waals surface area contributed by atoms with Gasteiger partial charge in [-0.05, 0) is 43.7 Å². The second kappa shape index (κ2) is 9.78. The van der Waals surface area contributed by atoms with Crippen LogP contribution in [0, 0.1) is 25.2 Å². The van der Waals surface area contributed by atoms with Crippen LogP contribution in [0.1, 0.15) is 40.0 Å². The van der Waals surface area contributed by atoms with Gasteiger partial charge in [0.2, 0.25) is 5.88 Å². The van der Waals surface area contributed by atoms with Gasteiger partial charge in [0, 0.05) is 42.8 Å². The summed E-state index contributed by atoms with van der Waals surface area (Å²) in [4.78, 5) is 19.4. The highest BCUT2D eigenvalue weighted by molar-refractivity contribution is 6.42. The topological polar surface area (TPSA) is 68.2 Å². The molecule has 0 radical (unpaired) electrons. The third-order valence-corrected chi connectivity index (χ3v) is 6.60. The first-order valence-electron chi connectivity index (χ1n) is 10.5. The van der Waals surface area contributed by atoms with Gasteiger partial charge >= 0.3 is 0 Å². The third kappa shape index (κ3) is 5.11. The van der Waals surface area contributed by atoms with Gasteiger partial charge in [-0.3, -0.25) is 4.79 Å². The number of carbonyl (C=O) groups is 1. The standard InChI is InChI=1S/C25H22Cl2N4O2/c1-4-17-5-8-24(28-11-17)33-16(3)20-13-31(25(32)19-9-15(2)30-29-12-19)14-21(20)18-6-7-22(26)23(27)10-18/h1,5-12,16,20-21H,13-14H2,2-3H3/t16-,20+,21-/m1/s1. The maximum absolute atomic E-state index is 13.2. The summed E-state index contributed by atoms with van der Waals surface area (Å²) >= 11 is 12.4. The number of pyridine rings is 1. The number of nitrogens with zero attached hydrogens (tertiary/aromatic N) is 4. The van der Waals surface area contributed by atoms with Crippen molar-refractivity contribution in [2.45, 2.75) is 25.9 Å². The van der Waals surface area contributed by atoms with E-state index in [2.05, 4.69) is 21.1 Å². The zero-order valence-electron chi connectivity index (χ0n) is 18.2. The van der Waals surface area contributed by atoms with Crippen molar-refractivity contribution in [3.05, 3.63) is 81.2 Å². The van der Waals surface area contributed by atoms with Crippen LogP contribution in [0.15, 0.2) is 48.8 Å². The zero-order valence-corrected chi connectivity index (χ0v) is 19.7. The number of hydrogen-bond acceptors (Lipinski definition) is 5. The number of benzene rings is 1. The number of rotatable bonds is 5. The minimum Gasteiger partial charge on any atom is -0.474 e. The van der Waals surface area contributed by atoms with Crippen molar-refractivity contribution in [2.75, 3.05) is 13.1 Å². The van der Waals surface area contributed by atoms with Crippen molar-refractivity contribution in [1.29, 1.82) is 0 Å². The summed E-state index contributed by atoms with van der Waals surface area (Å²) in [7, 11) is 0. The maximum Gasteiger partial charge on any atom is 0.255 e. The highest BCUT2D eigenvalue weighted by atomic mass is 35.5. The Kier molecular flexibility index (Phi) is 6.83. The maximum atomic E-state index is 13.2. The van der Waals surface area contributed by atoms with Crippen LogP contribution in [0.5, 0.6) is 5.88 Å². The molecule has 1 aliphatic rings. The van der Waals surface area contributed by atoms with Gasteiger partial charge in [0.25, 0.3) is 5.91 Å². The van der Waals surface area contributed by atoms with Gasteiger partial charge in [0.1, 0.15) is 6.10 Å². The molecular formula is C25H22Cl2N4O2. The lowest BCUT2D eigenvalue weighted by Gasteiger charge is -2.25. The molecule has 1 fully saturated rings. The van der Waals surface area contributed by atoms with E-state index in [0.29, 0.717) is 45.8 Å². The highest BCUT2D eigenvalue weighted by Crippen LogP contribution is 2.38. The molecule has 0 spiro atoms. The molecule has 0 unspecified atom stereocenters. The Labute approximate surface area is 202 Å².